The van der Waals surface area contributed by atoms with Crippen LogP contribution in [0.1, 0.15) is 5.56 Å². The highest BCUT2D eigenvalue weighted by molar-refractivity contribution is 8.15. The van der Waals surface area contributed by atoms with Crippen molar-refractivity contribution in [2.45, 2.75) is 6.92 Å². The summed E-state index contributed by atoms with van der Waals surface area (Å²) in [6, 6.07) is 7.62. The van der Waals surface area contributed by atoms with E-state index >= 15 is 0 Å². The third kappa shape index (κ3) is 1.53. The van der Waals surface area contributed by atoms with Gasteiger partial charge in [0.15, 0.2) is 5.17 Å². The molecule has 1 amide bonds. The van der Waals surface area contributed by atoms with Crippen LogP contribution in [0.25, 0.3) is 0 Å². The minimum absolute atomic E-state index is 0.0103. The Morgan fingerprint density at radius 1 is 1.36 bits per heavy atom. The van der Waals surface area contributed by atoms with Gasteiger partial charge in [-0.1, -0.05) is 29.5 Å². The number of anilines is 1. The largest absolute Gasteiger partial charge is 0.278 e. The van der Waals surface area contributed by atoms with Crippen molar-refractivity contribution in [3.05, 3.63) is 29.8 Å². The number of amides is 1. The van der Waals surface area contributed by atoms with Crippen LogP contribution in [-0.4, -0.2) is 16.8 Å². The number of carbonyl (C=O) groups excluding carboxylic acids is 1. The molecule has 1 aromatic rings. The highest BCUT2D eigenvalue weighted by Gasteiger charge is 2.27. The number of carbonyl (C=O) groups is 1. The predicted octanol–water partition coefficient (Wildman–Crippen LogP) is 2.01. The van der Waals surface area contributed by atoms with Crippen LogP contribution in [0.3, 0.4) is 0 Å². The van der Waals surface area contributed by atoms with E-state index in [0.29, 0.717) is 10.9 Å². The maximum absolute atomic E-state index is 11.4. The topological polar surface area (TPSA) is 44.2 Å². The van der Waals surface area contributed by atoms with Gasteiger partial charge in [-0.3, -0.25) is 15.1 Å². The number of nitrogens with zero attached hydrogens (tertiary/aromatic N) is 1. The normalized spacial score (nSPS) is 16.5. The molecule has 0 aliphatic carbocycles. The van der Waals surface area contributed by atoms with E-state index < -0.39 is 0 Å². The van der Waals surface area contributed by atoms with E-state index in [1.807, 2.05) is 31.2 Å². The molecule has 2 rings (SSSR count). The molecule has 14 heavy (non-hydrogen) atoms. The van der Waals surface area contributed by atoms with Gasteiger partial charge in [0.1, 0.15) is 0 Å². The number of amidine groups is 1. The van der Waals surface area contributed by atoms with E-state index in [2.05, 4.69) is 0 Å². The molecular weight excluding hydrogens is 196 g/mol. The number of rotatable bonds is 1. The Hall–Kier alpha value is -1.29. The lowest BCUT2D eigenvalue weighted by molar-refractivity contribution is -0.115. The molecule has 0 spiro atoms. The van der Waals surface area contributed by atoms with Gasteiger partial charge in [0.25, 0.3) is 0 Å². The molecule has 1 aliphatic heterocycles. The Labute approximate surface area is 86.6 Å². The Morgan fingerprint density at radius 3 is 2.50 bits per heavy atom. The highest BCUT2D eigenvalue weighted by Crippen LogP contribution is 2.25. The highest BCUT2D eigenvalue weighted by atomic mass is 32.2. The van der Waals surface area contributed by atoms with E-state index in [-0.39, 0.29) is 5.91 Å². The van der Waals surface area contributed by atoms with Crippen molar-refractivity contribution in [2.75, 3.05) is 10.7 Å². The van der Waals surface area contributed by atoms with Crippen LogP contribution >= 0.6 is 11.8 Å². The molecule has 0 saturated carbocycles. The second kappa shape index (κ2) is 3.46. The zero-order valence-electron chi connectivity index (χ0n) is 7.78. The molecule has 1 aliphatic rings. The summed E-state index contributed by atoms with van der Waals surface area (Å²) >= 11 is 1.27. The fourth-order valence-electron chi connectivity index (χ4n) is 1.33. The van der Waals surface area contributed by atoms with Crippen molar-refractivity contribution < 1.29 is 4.79 Å². The van der Waals surface area contributed by atoms with Gasteiger partial charge < -0.3 is 0 Å². The molecule has 4 heteroatoms. The van der Waals surface area contributed by atoms with Crippen LogP contribution in [-0.2, 0) is 4.79 Å². The number of aryl methyl sites for hydroxylation is 1. The lowest BCUT2D eigenvalue weighted by Gasteiger charge is -2.14. The molecule has 1 heterocycles. The molecule has 0 unspecified atom stereocenters. The van der Waals surface area contributed by atoms with Gasteiger partial charge in [0.2, 0.25) is 5.91 Å². The zero-order valence-corrected chi connectivity index (χ0v) is 8.60. The summed E-state index contributed by atoms with van der Waals surface area (Å²) in [5.41, 5.74) is 1.94. The molecule has 1 aromatic carbocycles. The quantitative estimate of drug-likeness (QED) is 0.763. The molecule has 0 aromatic heterocycles. The van der Waals surface area contributed by atoms with Crippen molar-refractivity contribution in [1.29, 1.82) is 5.41 Å². The van der Waals surface area contributed by atoms with Crippen molar-refractivity contribution in [3.63, 3.8) is 0 Å². The third-order valence-electron chi connectivity index (χ3n) is 2.08. The van der Waals surface area contributed by atoms with E-state index in [4.69, 9.17) is 5.41 Å². The Balaban J connectivity index is 2.34. The molecule has 0 radical (unpaired) electrons. The summed E-state index contributed by atoms with van der Waals surface area (Å²) in [4.78, 5) is 12.9. The van der Waals surface area contributed by atoms with Gasteiger partial charge in [-0.2, -0.15) is 0 Å². The molecule has 1 saturated heterocycles. The van der Waals surface area contributed by atoms with Crippen LogP contribution in [0.15, 0.2) is 24.3 Å². The summed E-state index contributed by atoms with van der Waals surface area (Å²) < 4.78 is 0. The maximum Gasteiger partial charge on any atom is 0.243 e. The van der Waals surface area contributed by atoms with Crippen molar-refractivity contribution in [1.82, 2.24) is 0 Å². The fourth-order valence-corrected chi connectivity index (χ4v) is 2.05. The SMILES string of the molecule is Cc1ccc(N2C(=N)SCC2=O)cc1. The Kier molecular flexibility index (Phi) is 2.29. The predicted molar refractivity (Wildman–Crippen MR) is 58.8 cm³/mol. The summed E-state index contributed by atoms with van der Waals surface area (Å²) in [5, 5.41) is 7.91. The van der Waals surface area contributed by atoms with Gasteiger partial charge in [0.05, 0.1) is 11.4 Å². The molecule has 72 valence electrons. The first-order valence-corrected chi connectivity index (χ1v) is 5.28. The van der Waals surface area contributed by atoms with E-state index in [0.717, 1.165) is 11.3 Å². The van der Waals surface area contributed by atoms with Crippen molar-refractivity contribution >= 4 is 28.5 Å². The Bertz CT molecular complexity index is 370. The lowest BCUT2D eigenvalue weighted by atomic mass is 10.2. The van der Waals surface area contributed by atoms with Crippen LogP contribution in [0.4, 0.5) is 5.69 Å². The van der Waals surface area contributed by atoms with Crippen molar-refractivity contribution in [3.8, 4) is 0 Å². The van der Waals surface area contributed by atoms with Gasteiger partial charge >= 0.3 is 0 Å². The second-order valence-corrected chi connectivity index (χ2v) is 4.12. The fraction of sp³-hybridized carbons (Fsp3) is 0.200. The maximum atomic E-state index is 11.4. The molecule has 0 atom stereocenters. The Morgan fingerprint density at radius 2 is 2.00 bits per heavy atom. The number of hydrogen-bond donors (Lipinski definition) is 1. The zero-order chi connectivity index (χ0) is 10.1. The van der Waals surface area contributed by atoms with E-state index in [1.54, 1.807) is 0 Å². The minimum Gasteiger partial charge on any atom is -0.278 e. The van der Waals surface area contributed by atoms with Gasteiger partial charge in [-0.25, -0.2) is 0 Å². The van der Waals surface area contributed by atoms with Crippen LogP contribution in [0.5, 0.6) is 0 Å². The minimum atomic E-state index is -0.0103. The second-order valence-electron chi connectivity index (χ2n) is 3.16. The average Bonchev–Trinajstić information content (AvgIpc) is 2.49. The van der Waals surface area contributed by atoms with Crippen LogP contribution in [0, 0.1) is 12.3 Å². The molecule has 1 fully saturated rings. The summed E-state index contributed by atoms with van der Waals surface area (Å²) in [6.07, 6.45) is 0. The third-order valence-corrected chi connectivity index (χ3v) is 2.92. The first-order valence-electron chi connectivity index (χ1n) is 4.29. The van der Waals surface area contributed by atoms with Crippen molar-refractivity contribution in [2.24, 2.45) is 0 Å². The first-order chi connectivity index (χ1) is 6.68. The molecule has 0 bridgehead atoms. The van der Waals surface area contributed by atoms with Crippen LogP contribution in [0.2, 0.25) is 0 Å². The van der Waals surface area contributed by atoms with Gasteiger partial charge in [-0.05, 0) is 19.1 Å². The van der Waals surface area contributed by atoms with Gasteiger partial charge in [0, 0.05) is 0 Å². The average molecular weight is 206 g/mol. The van der Waals surface area contributed by atoms with Gasteiger partial charge in [-0.15, -0.1) is 0 Å². The smallest absolute Gasteiger partial charge is 0.243 e. The summed E-state index contributed by atoms with van der Waals surface area (Å²) in [5.74, 6) is 0.371. The van der Waals surface area contributed by atoms with E-state index in [1.165, 1.54) is 16.7 Å². The van der Waals surface area contributed by atoms with E-state index in [9.17, 15) is 4.79 Å². The first kappa shape index (κ1) is 9.27. The number of nitrogens with one attached hydrogen (secondary N) is 1. The monoisotopic (exact) mass is 206 g/mol. The van der Waals surface area contributed by atoms with Crippen LogP contribution < -0.4 is 4.90 Å². The molecule has 3 nitrogen and oxygen atoms in total. The molecule has 1 N–H and O–H groups in total. The number of benzene rings is 1. The number of hydrogen-bond acceptors (Lipinski definition) is 3. The standard InChI is InChI=1S/C10H10N2OS/c1-7-2-4-8(5-3-7)12-9(13)6-14-10(12)11/h2-5,11H,6H2,1H3. The summed E-state index contributed by atoms with van der Waals surface area (Å²) in [7, 11) is 0. The number of thioether (sulfide) groups is 1. The molecular formula is C10H10N2OS. The summed E-state index contributed by atoms with van der Waals surface area (Å²) in [6.45, 7) is 2.00. The lowest BCUT2D eigenvalue weighted by Crippen LogP contribution is -2.28.